The molecule has 0 aliphatic rings. The number of rotatable bonds is 4. The van der Waals surface area contributed by atoms with Gasteiger partial charge in [0.25, 0.3) is 5.91 Å². The molecule has 0 aliphatic carbocycles. The first-order valence-corrected chi connectivity index (χ1v) is 8.99. The fourth-order valence-electron chi connectivity index (χ4n) is 2.68. The number of carbonyl (C=O) groups is 1. The minimum absolute atomic E-state index is 0.231. The van der Waals surface area contributed by atoms with E-state index in [1.807, 2.05) is 36.4 Å². The molecule has 0 atom stereocenters. The summed E-state index contributed by atoms with van der Waals surface area (Å²) in [6, 6.07) is 14.7. The molecule has 134 valence electrons. The molecule has 0 spiro atoms. The average Bonchev–Trinajstić information content (AvgIpc) is 3.13. The number of aromatic nitrogens is 4. The van der Waals surface area contributed by atoms with Crippen LogP contribution in [0.1, 0.15) is 15.9 Å². The summed E-state index contributed by atoms with van der Waals surface area (Å²) in [4.78, 5) is 21.1. The van der Waals surface area contributed by atoms with E-state index < -0.39 is 0 Å². The van der Waals surface area contributed by atoms with Crippen molar-refractivity contribution in [3.05, 3.63) is 76.5 Å². The first-order valence-electron chi connectivity index (χ1n) is 8.20. The summed E-state index contributed by atoms with van der Waals surface area (Å²) in [7, 11) is 0. The van der Waals surface area contributed by atoms with E-state index in [0.29, 0.717) is 29.4 Å². The van der Waals surface area contributed by atoms with Crippen molar-refractivity contribution in [3.8, 4) is 11.4 Å². The number of anilines is 1. The molecule has 0 saturated carbocycles. The number of benzene rings is 1. The number of hydrogen-bond donors (Lipinski definition) is 2. The number of nitrogens with two attached hydrogens (primary N) is 1. The van der Waals surface area contributed by atoms with Crippen LogP contribution >= 0.6 is 15.9 Å². The number of halogens is 1. The lowest BCUT2D eigenvalue weighted by molar-refractivity contribution is 0.0951. The SMILES string of the molecule is Nc1cc(C(=O)NCc2ccccc2Br)cc2nc(-c3cccnc3)nn12. The quantitative estimate of drug-likeness (QED) is 0.526. The van der Waals surface area contributed by atoms with Gasteiger partial charge in [-0.2, -0.15) is 4.52 Å². The molecule has 3 heterocycles. The van der Waals surface area contributed by atoms with E-state index >= 15 is 0 Å². The van der Waals surface area contributed by atoms with E-state index in [0.717, 1.165) is 15.6 Å². The van der Waals surface area contributed by atoms with Gasteiger partial charge in [0.2, 0.25) is 0 Å². The highest BCUT2D eigenvalue weighted by Gasteiger charge is 2.13. The fourth-order valence-corrected chi connectivity index (χ4v) is 3.10. The van der Waals surface area contributed by atoms with Crippen molar-refractivity contribution >= 4 is 33.3 Å². The van der Waals surface area contributed by atoms with Crippen LogP contribution in [0.4, 0.5) is 5.82 Å². The molecule has 3 N–H and O–H groups in total. The zero-order valence-corrected chi connectivity index (χ0v) is 15.7. The highest BCUT2D eigenvalue weighted by Crippen LogP contribution is 2.19. The Kier molecular flexibility index (Phi) is 4.55. The molecule has 0 unspecified atom stereocenters. The lowest BCUT2D eigenvalue weighted by atomic mass is 10.2. The highest BCUT2D eigenvalue weighted by molar-refractivity contribution is 9.10. The van der Waals surface area contributed by atoms with E-state index in [9.17, 15) is 4.79 Å². The number of carbonyl (C=O) groups excluding carboxylic acids is 1. The van der Waals surface area contributed by atoms with E-state index in [1.54, 1.807) is 24.5 Å². The van der Waals surface area contributed by atoms with Crippen molar-refractivity contribution in [2.75, 3.05) is 5.73 Å². The summed E-state index contributed by atoms with van der Waals surface area (Å²) in [6.07, 6.45) is 3.36. The Balaban J connectivity index is 1.60. The molecule has 0 aliphatic heterocycles. The van der Waals surface area contributed by atoms with Crippen LogP contribution in [-0.2, 0) is 6.54 Å². The summed E-state index contributed by atoms with van der Waals surface area (Å²) < 4.78 is 2.45. The van der Waals surface area contributed by atoms with Crippen molar-refractivity contribution in [1.82, 2.24) is 24.9 Å². The first kappa shape index (κ1) is 17.2. The topological polar surface area (TPSA) is 98.2 Å². The Morgan fingerprint density at radius 1 is 1.19 bits per heavy atom. The van der Waals surface area contributed by atoms with Gasteiger partial charge in [-0.05, 0) is 35.9 Å². The summed E-state index contributed by atoms with van der Waals surface area (Å²) in [6.45, 7) is 0.402. The number of amides is 1. The van der Waals surface area contributed by atoms with Crippen LogP contribution in [0.3, 0.4) is 0 Å². The van der Waals surface area contributed by atoms with E-state index in [2.05, 4.69) is 36.3 Å². The van der Waals surface area contributed by atoms with Crippen LogP contribution in [0.5, 0.6) is 0 Å². The van der Waals surface area contributed by atoms with E-state index in [1.165, 1.54) is 4.52 Å². The molecular formula is C19H15BrN6O. The normalized spacial score (nSPS) is 10.9. The van der Waals surface area contributed by atoms with Crippen molar-refractivity contribution in [2.45, 2.75) is 6.54 Å². The lowest BCUT2D eigenvalue weighted by Crippen LogP contribution is -2.23. The fraction of sp³-hybridized carbons (Fsp3) is 0.0526. The molecule has 7 nitrogen and oxygen atoms in total. The van der Waals surface area contributed by atoms with Crippen molar-refractivity contribution in [1.29, 1.82) is 0 Å². The minimum Gasteiger partial charge on any atom is -0.384 e. The van der Waals surface area contributed by atoms with Crippen LogP contribution in [-0.4, -0.2) is 25.5 Å². The first-order chi connectivity index (χ1) is 13.1. The van der Waals surface area contributed by atoms with Crippen LogP contribution in [0.2, 0.25) is 0 Å². The van der Waals surface area contributed by atoms with Crippen LogP contribution in [0, 0.1) is 0 Å². The third-order valence-corrected chi connectivity index (χ3v) is 4.82. The maximum Gasteiger partial charge on any atom is 0.251 e. The number of nitrogens with one attached hydrogen (secondary N) is 1. The molecule has 0 radical (unpaired) electrons. The van der Waals surface area contributed by atoms with Gasteiger partial charge in [0, 0.05) is 34.5 Å². The van der Waals surface area contributed by atoms with Gasteiger partial charge in [-0.1, -0.05) is 34.1 Å². The van der Waals surface area contributed by atoms with Crippen molar-refractivity contribution in [3.63, 3.8) is 0 Å². The molecular weight excluding hydrogens is 408 g/mol. The minimum atomic E-state index is -0.231. The maximum absolute atomic E-state index is 12.6. The summed E-state index contributed by atoms with van der Waals surface area (Å²) in [5.41, 5.74) is 8.77. The van der Waals surface area contributed by atoms with Gasteiger partial charge >= 0.3 is 0 Å². The zero-order valence-electron chi connectivity index (χ0n) is 14.1. The summed E-state index contributed by atoms with van der Waals surface area (Å²) in [5.74, 6) is 0.604. The van der Waals surface area contributed by atoms with Gasteiger partial charge in [0.15, 0.2) is 11.5 Å². The monoisotopic (exact) mass is 422 g/mol. The van der Waals surface area contributed by atoms with Gasteiger partial charge in [-0.3, -0.25) is 9.78 Å². The molecule has 0 fully saturated rings. The summed E-state index contributed by atoms with van der Waals surface area (Å²) in [5, 5.41) is 7.29. The van der Waals surface area contributed by atoms with Crippen molar-refractivity contribution in [2.24, 2.45) is 0 Å². The van der Waals surface area contributed by atoms with Gasteiger partial charge in [0.1, 0.15) is 5.82 Å². The Labute approximate surface area is 163 Å². The Hall–Kier alpha value is -3.26. The number of nitrogen functional groups attached to an aromatic ring is 1. The second-order valence-corrected chi connectivity index (χ2v) is 6.74. The van der Waals surface area contributed by atoms with E-state index in [-0.39, 0.29) is 5.91 Å². The lowest BCUT2D eigenvalue weighted by Gasteiger charge is -2.08. The molecule has 0 saturated heterocycles. The second kappa shape index (κ2) is 7.16. The Morgan fingerprint density at radius 2 is 2.04 bits per heavy atom. The van der Waals surface area contributed by atoms with Crippen LogP contribution < -0.4 is 11.1 Å². The number of fused-ring (bicyclic) bond motifs is 1. The number of nitrogens with zero attached hydrogens (tertiary/aromatic N) is 4. The summed E-state index contributed by atoms with van der Waals surface area (Å²) >= 11 is 3.47. The molecule has 4 rings (SSSR count). The van der Waals surface area contributed by atoms with E-state index in [4.69, 9.17) is 5.73 Å². The van der Waals surface area contributed by atoms with Crippen molar-refractivity contribution < 1.29 is 4.79 Å². The van der Waals surface area contributed by atoms with Gasteiger partial charge in [-0.15, -0.1) is 5.10 Å². The average molecular weight is 423 g/mol. The largest absolute Gasteiger partial charge is 0.384 e. The highest BCUT2D eigenvalue weighted by atomic mass is 79.9. The second-order valence-electron chi connectivity index (χ2n) is 5.89. The third-order valence-electron chi connectivity index (χ3n) is 4.04. The van der Waals surface area contributed by atoms with Crippen LogP contribution in [0.15, 0.2) is 65.4 Å². The standard InChI is InChI=1S/C19H15BrN6O/c20-15-6-2-1-4-12(15)11-23-19(27)14-8-16(21)26-17(9-14)24-18(25-26)13-5-3-7-22-10-13/h1-10H,11,21H2,(H,23,27). The smallest absolute Gasteiger partial charge is 0.251 e. The molecule has 1 aromatic carbocycles. The molecule has 0 bridgehead atoms. The Bertz CT molecular complexity index is 1130. The zero-order chi connectivity index (χ0) is 18.8. The maximum atomic E-state index is 12.6. The predicted molar refractivity (Wildman–Crippen MR) is 106 cm³/mol. The van der Waals surface area contributed by atoms with Gasteiger partial charge in [-0.25, -0.2) is 4.98 Å². The molecule has 27 heavy (non-hydrogen) atoms. The molecule has 8 heteroatoms. The number of pyridine rings is 2. The third kappa shape index (κ3) is 3.52. The molecule has 3 aromatic heterocycles. The predicted octanol–water partition coefficient (Wildman–Crippen LogP) is 3.07. The van der Waals surface area contributed by atoms with Crippen LogP contribution in [0.25, 0.3) is 17.0 Å². The number of hydrogen-bond acceptors (Lipinski definition) is 5. The molecule has 4 aromatic rings. The van der Waals surface area contributed by atoms with Gasteiger partial charge in [0.05, 0.1) is 0 Å². The van der Waals surface area contributed by atoms with Gasteiger partial charge < -0.3 is 11.1 Å². The Morgan fingerprint density at radius 3 is 2.81 bits per heavy atom. The molecule has 1 amide bonds.